The van der Waals surface area contributed by atoms with Crippen LogP contribution in [0.25, 0.3) is 0 Å². The number of fused-ring (bicyclic) bond motifs is 1. The first-order valence-corrected chi connectivity index (χ1v) is 14.1. The summed E-state index contributed by atoms with van der Waals surface area (Å²) >= 11 is 0. The summed E-state index contributed by atoms with van der Waals surface area (Å²) in [4.78, 5) is 38.7. The number of benzene rings is 2. The number of methoxy groups -OCH3 is 1. The van der Waals surface area contributed by atoms with E-state index in [9.17, 15) is 29.7 Å². The van der Waals surface area contributed by atoms with E-state index in [1.54, 1.807) is 67.6 Å². The van der Waals surface area contributed by atoms with Gasteiger partial charge in [-0.2, -0.15) is 0 Å². The van der Waals surface area contributed by atoms with E-state index in [1.165, 1.54) is 7.11 Å². The number of aliphatic hydroxyl groups is 3. The van der Waals surface area contributed by atoms with Gasteiger partial charge in [-0.05, 0) is 37.6 Å². The van der Waals surface area contributed by atoms with Crippen molar-refractivity contribution in [2.75, 3.05) is 20.3 Å². The summed E-state index contributed by atoms with van der Waals surface area (Å²) in [7, 11) is 1.41. The molecule has 43 heavy (non-hydrogen) atoms. The molecule has 5 fully saturated rings. The van der Waals surface area contributed by atoms with Crippen LogP contribution in [0, 0.1) is 11.3 Å². The minimum Gasteiger partial charge on any atom is -0.461 e. The first-order chi connectivity index (χ1) is 20.6. The highest BCUT2D eigenvalue weighted by atomic mass is 16.8. The molecule has 2 saturated heterocycles. The smallest absolute Gasteiger partial charge is 0.338 e. The summed E-state index contributed by atoms with van der Waals surface area (Å²) in [6.07, 6.45) is -8.70. The highest BCUT2D eigenvalue weighted by Crippen LogP contribution is 2.74. The Kier molecular flexibility index (Phi) is 7.66. The molecule has 4 bridgehead atoms. The average Bonchev–Trinajstić information content (AvgIpc) is 3.10. The molecule has 5 unspecified atom stereocenters. The summed E-state index contributed by atoms with van der Waals surface area (Å²) in [5.41, 5.74) is -3.31. The maximum atomic E-state index is 13.3. The van der Waals surface area contributed by atoms with E-state index >= 15 is 0 Å². The van der Waals surface area contributed by atoms with Crippen LogP contribution in [0.3, 0.4) is 0 Å². The van der Waals surface area contributed by atoms with Gasteiger partial charge in [-0.15, -0.1) is 0 Å². The number of carbonyl (C=O) groups is 3. The number of ketones is 1. The van der Waals surface area contributed by atoms with Gasteiger partial charge in [0, 0.05) is 19.4 Å². The monoisotopic (exact) mass is 598 g/mol. The first kappa shape index (κ1) is 29.8. The van der Waals surface area contributed by atoms with Crippen LogP contribution in [0.2, 0.25) is 0 Å². The minimum absolute atomic E-state index is 0.0297. The van der Waals surface area contributed by atoms with E-state index in [0.29, 0.717) is 5.56 Å². The van der Waals surface area contributed by atoms with Crippen LogP contribution >= 0.6 is 0 Å². The molecule has 3 saturated carbocycles. The lowest BCUT2D eigenvalue weighted by atomic mass is 9.41. The number of hydrogen-bond acceptors (Lipinski definition) is 12. The van der Waals surface area contributed by atoms with Gasteiger partial charge in [0.15, 0.2) is 12.6 Å². The Morgan fingerprint density at radius 3 is 2.12 bits per heavy atom. The number of Topliss-reactive ketones (excluding diaryl/α,β-unsaturated/α-hetero) is 1. The summed E-state index contributed by atoms with van der Waals surface area (Å²) in [5.74, 6) is -2.02. The lowest BCUT2D eigenvalue weighted by molar-refractivity contribution is -0.381. The summed E-state index contributed by atoms with van der Waals surface area (Å²) in [6, 6.07) is 16.6. The van der Waals surface area contributed by atoms with Gasteiger partial charge >= 0.3 is 11.9 Å². The van der Waals surface area contributed by atoms with Crippen molar-refractivity contribution in [3.05, 3.63) is 71.8 Å². The summed E-state index contributed by atoms with van der Waals surface area (Å²) < 4.78 is 35.5. The van der Waals surface area contributed by atoms with Crippen LogP contribution in [0.4, 0.5) is 0 Å². The number of hydrogen-bond donors (Lipinski definition) is 3. The third-order valence-electron chi connectivity index (χ3n) is 9.45. The van der Waals surface area contributed by atoms with Crippen molar-refractivity contribution in [1.29, 1.82) is 0 Å². The SMILES string of the molecule is COC1OC2(C)CC(=O)C3CC2(O[C@@H]2O[C@H](COC(=O)c4ccccc4)[C@@H](O)[C@H](O)[C@H]2O)C13COC(=O)c1ccccc1. The van der Waals surface area contributed by atoms with Crippen molar-refractivity contribution in [2.24, 2.45) is 11.3 Å². The van der Waals surface area contributed by atoms with Crippen molar-refractivity contribution in [1.82, 2.24) is 0 Å². The normalized spacial score (nSPS) is 39.6. The number of rotatable bonds is 9. The maximum absolute atomic E-state index is 13.3. The van der Waals surface area contributed by atoms with E-state index in [-0.39, 0.29) is 30.8 Å². The second kappa shape index (κ2) is 11.0. The molecular weight excluding hydrogens is 564 g/mol. The molecule has 0 spiro atoms. The molecule has 2 heterocycles. The largest absolute Gasteiger partial charge is 0.461 e. The van der Waals surface area contributed by atoms with Crippen LogP contribution in [0.15, 0.2) is 60.7 Å². The van der Waals surface area contributed by atoms with Crippen molar-refractivity contribution in [3.8, 4) is 0 Å². The maximum Gasteiger partial charge on any atom is 0.338 e. The Bertz CT molecular complexity index is 1370. The molecule has 0 amide bonds. The number of aliphatic hydroxyl groups excluding tert-OH is 3. The quantitative estimate of drug-likeness (QED) is 0.351. The molecule has 7 rings (SSSR count). The molecular formula is C31H34O12. The summed E-state index contributed by atoms with van der Waals surface area (Å²) in [5, 5.41) is 32.3. The molecule has 10 atom stereocenters. The predicted octanol–water partition coefficient (Wildman–Crippen LogP) is 1.00. The molecule has 0 aromatic heterocycles. The Labute approximate surface area is 247 Å². The molecule has 12 heteroatoms. The van der Waals surface area contributed by atoms with Crippen molar-refractivity contribution >= 4 is 17.7 Å². The zero-order chi connectivity index (χ0) is 30.6. The molecule has 3 aliphatic carbocycles. The van der Waals surface area contributed by atoms with E-state index in [2.05, 4.69) is 0 Å². The molecule has 12 nitrogen and oxygen atoms in total. The van der Waals surface area contributed by atoms with E-state index in [0.717, 1.165) is 0 Å². The zero-order valence-corrected chi connectivity index (χ0v) is 23.7. The van der Waals surface area contributed by atoms with E-state index in [1.807, 2.05) is 0 Å². The van der Waals surface area contributed by atoms with Gasteiger partial charge in [0.2, 0.25) is 0 Å². The molecule has 2 aromatic carbocycles. The van der Waals surface area contributed by atoms with Crippen LogP contribution in [0.1, 0.15) is 40.5 Å². The van der Waals surface area contributed by atoms with Gasteiger partial charge in [-0.25, -0.2) is 9.59 Å². The highest BCUT2D eigenvalue weighted by Gasteiger charge is 2.87. The lowest BCUT2D eigenvalue weighted by Gasteiger charge is -2.66. The minimum atomic E-state index is -1.71. The van der Waals surface area contributed by atoms with Gasteiger partial charge in [0.05, 0.1) is 16.5 Å². The van der Waals surface area contributed by atoms with E-state index < -0.39 is 78.1 Å². The Morgan fingerprint density at radius 1 is 0.907 bits per heavy atom. The van der Waals surface area contributed by atoms with Crippen molar-refractivity contribution in [2.45, 2.75) is 68.0 Å². The fraction of sp³-hybridized carbons (Fsp3) is 0.516. The summed E-state index contributed by atoms with van der Waals surface area (Å²) in [6.45, 7) is 0.949. The molecule has 230 valence electrons. The topological polar surface area (TPSA) is 167 Å². The predicted molar refractivity (Wildman–Crippen MR) is 144 cm³/mol. The van der Waals surface area contributed by atoms with Gasteiger partial charge in [-0.1, -0.05) is 36.4 Å². The molecule has 2 aliphatic heterocycles. The third kappa shape index (κ3) is 4.51. The number of carbonyl (C=O) groups excluding carboxylic acids is 3. The Hall–Kier alpha value is -3.23. The Balaban J connectivity index is 1.26. The van der Waals surface area contributed by atoms with Crippen LogP contribution < -0.4 is 0 Å². The zero-order valence-electron chi connectivity index (χ0n) is 23.7. The van der Waals surface area contributed by atoms with Crippen molar-refractivity contribution < 1.29 is 58.1 Å². The second-order valence-electron chi connectivity index (χ2n) is 11.7. The highest BCUT2D eigenvalue weighted by molar-refractivity contribution is 5.90. The first-order valence-electron chi connectivity index (χ1n) is 14.1. The molecule has 2 aromatic rings. The average molecular weight is 599 g/mol. The molecule has 3 N–H and O–H groups in total. The second-order valence-corrected chi connectivity index (χ2v) is 11.7. The third-order valence-corrected chi connectivity index (χ3v) is 9.45. The van der Waals surface area contributed by atoms with Crippen LogP contribution in [0.5, 0.6) is 0 Å². The van der Waals surface area contributed by atoms with Gasteiger partial charge < -0.3 is 43.7 Å². The number of ether oxygens (including phenoxy) is 6. The van der Waals surface area contributed by atoms with Gasteiger partial charge in [0.25, 0.3) is 0 Å². The van der Waals surface area contributed by atoms with Crippen molar-refractivity contribution in [3.63, 3.8) is 0 Å². The Morgan fingerprint density at radius 2 is 1.51 bits per heavy atom. The van der Waals surface area contributed by atoms with Crippen LogP contribution in [-0.2, 0) is 33.2 Å². The fourth-order valence-electron chi connectivity index (χ4n) is 7.18. The number of esters is 2. The molecule has 5 aliphatic rings. The van der Waals surface area contributed by atoms with E-state index in [4.69, 9.17) is 28.4 Å². The molecule has 0 radical (unpaired) electrons. The lowest BCUT2D eigenvalue weighted by Crippen LogP contribution is -2.80. The van der Waals surface area contributed by atoms with Gasteiger partial charge in [-0.3, -0.25) is 4.79 Å². The standard InChI is InChI=1S/C31H34O12/c1-29-14-20(32)19-13-31(29,30(19,28(38-2)43-29)16-40-26(37)18-11-7-4-8-12-18)42-27-24(35)23(34)22(33)21(41-27)15-39-25(36)17-9-5-3-6-10-17/h3-12,19,21-24,27-28,33-35H,13-16H2,1-2H3/t19?,21-,22-,23+,24-,27+,28?,29?,30?,31?/m1/s1. The van der Waals surface area contributed by atoms with Gasteiger partial charge in [0.1, 0.15) is 54.6 Å². The van der Waals surface area contributed by atoms with Crippen LogP contribution in [-0.4, -0.2) is 102 Å². The fourth-order valence-corrected chi connectivity index (χ4v) is 7.18.